The minimum atomic E-state index is -1.50. The van der Waals surface area contributed by atoms with Gasteiger partial charge in [0.05, 0.1) is 25.9 Å². The van der Waals surface area contributed by atoms with Gasteiger partial charge in [-0.3, -0.25) is 9.59 Å². The summed E-state index contributed by atoms with van der Waals surface area (Å²) in [5.41, 5.74) is 0.0964. The van der Waals surface area contributed by atoms with Crippen LogP contribution in [0.3, 0.4) is 0 Å². The van der Waals surface area contributed by atoms with Gasteiger partial charge < -0.3 is 9.47 Å². The highest BCUT2D eigenvalue weighted by molar-refractivity contribution is 5.84. The van der Waals surface area contributed by atoms with E-state index in [1.807, 2.05) is 60.7 Å². The van der Waals surface area contributed by atoms with Gasteiger partial charge in [-0.2, -0.15) is 10.5 Å². The van der Waals surface area contributed by atoms with E-state index in [9.17, 15) is 20.1 Å². The zero-order valence-corrected chi connectivity index (χ0v) is 18.2. The fourth-order valence-electron chi connectivity index (χ4n) is 4.99. The predicted octanol–water partition coefficient (Wildman–Crippen LogP) is 4.35. The SMILES string of the molecule is CCOC(=O)C(C#N)C1C[C@H](c2ccccc2)C(C#N)(C(=O)OC)[C@H](c2ccccc2)C1. The maximum absolute atomic E-state index is 13.3. The molecule has 1 fully saturated rings. The first kappa shape index (κ1) is 23.0. The molecule has 164 valence electrons. The summed E-state index contributed by atoms with van der Waals surface area (Å²) in [5, 5.41) is 20.3. The topological polar surface area (TPSA) is 100 Å². The van der Waals surface area contributed by atoms with Crippen molar-refractivity contribution in [1.82, 2.24) is 0 Å². The van der Waals surface area contributed by atoms with Crippen molar-refractivity contribution in [3.8, 4) is 12.1 Å². The minimum Gasteiger partial charge on any atom is -0.468 e. The number of nitrogens with zero attached hydrogens (tertiary/aromatic N) is 2. The molecule has 1 aliphatic carbocycles. The summed E-state index contributed by atoms with van der Waals surface area (Å²) in [6, 6.07) is 23.0. The first-order chi connectivity index (χ1) is 15.5. The quantitative estimate of drug-likeness (QED) is 0.632. The predicted molar refractivity (Wildman–Crippen MR) is 117 cm³/mol. The van der Waals surface area contributed by atoms with E-state index in [0.29, 0.717) is 12.8 Å². The molecule has 2 aromatic carbocycles. The molecule has 3 rings (SSSR count). The Balaban J connectivity index is 2.21. The van der Waals surface area contributed by atoms with Gasteiger partial charge in [0.1, 0.15) is 5.92 Å². The van der Waals surface area contributed by atoms with E-state index >= 15 is 0 Å². The first-order valence-corrected chi connectivity index (χ1v) is 10.7. The van der Waals surface area contributed by atoms with Crippen LogP contribution in [0.15, 0.2) is 60.7 Å². The van der Waals surface area contributed by atoms with Gasteiger partial charge in [0.15, 0.2) is 5.41 Å². The molecule has 0 amide bonds. The van der Waals surface area contributed by atoms with Crippen LogP contribution < -0.4 is 0 Å². The number of hydrogen-bond donors (Lipinski definition) is 0. The molecule has 2 aromatic rings. The average Bonchev–Trinajstić information content (AvgIpc) is 2.84. The van der Waals surface area contributed by atoms with Crippen LogP contribution in [0.4, 0.5) is 0 Å². The minimum absolute atomic E-state index is 0.179. The van der Waals surface area contributed by atoms with Gasteiger partial charge in [0.25, 0.3) is 0 Å². The fourth-order valence-corrected chi connectivity index (χ4v) is 4.99. The third-order valence-corrected chi connectivity index (χ3v) is 6.44. The van der Waals surface area contributed by atoms with E-state index in [4.69, 9.17) is 9.47 Å². The van der Waals surface area contributed by atoms with Gasteiger partial charge in [0.2, 0.25) is 0 Å². The summed E-state index contributed by atoms with van der Waals surface area (Å²) in [7, 11) is 1.29. The van der Waals surface area contributed by atoms with Crippen molar-refractivity contribution in [2.45, 2.75) is 31.6 Å². The molecule has 1 saturated carbocycles. The molecule has 0 radical (unpaired) electrons. The second-order valence-corrected chi connectivity index (χ2v) is 7.99. The van der Waals surface area contributed by atoms with Crippen LogP contribution in [0.1, 0.15) is 42.7 Å². The Morgan fingerprint density at radius 2 is 1.50 bits per heavy atom. The molecule has 0 bridgehead atoms. The monoisotopic (exact) mass is 430 g/mol. The number of benzene rings is 2. The van der Waals surface area contributed by atoms with E-state index in [-0.39, 0.29) is 12.5 Å². The molecule has 0 N–H and O–H groups in total. The maximum Gasteiger partial charge on any atom is 0.327 e. The zero-order chi connectivity index (χ0) is 23.1. The van der Waals surface area contributed by atoms with Crippen molar-refractivity contribution in [3.63, 3.8) is 0 Å². The largest absolute Gasteiger partial charge is 0.468 e. The summed E-state index contributed by atoms with van der Waals surface area (Å²) < 4.78 is 10.3. The number of carbonyl (C=O) groups is 2. The zero-order valence-electron chi connectivity index (χ0n) is 18.2. The van der Waals surface area contributed by atoms with Crippen LogP contribution in [0, 0.1) is 39.9 Å². The molecule has 6 heteroatoms. The van der Waals surface area contributed by atoms with Crippen molar-refractivity contribution in [1.29, 1.82) is 10.5 Å². The van der Waals surface area contributed by atoms with Gasteiger partial charge in [-0.1, -0.05) is 60.7 Å². The Kier molecular flexibility index (Phi) is 7.28. The van der Waals surface area contributed by atoms with Gasteiger partial charge in [-0.05, 0) is 36.8 Å². The number of carbonyl (C=O) groups excluding carboxylic acids is 2. The first-order valence-electron chi connectivity index (χ1n) is 10.7. The summed E-state index contributed by atoms with van der Waals surface area (Å²) in [5.74, 6) is -3.67. The number of hydrogen-bond acceptors (Lipinski definition) is 6. The number of methoxy groups -OCH3 is 1. The third kappa shape index (κ3) is 4.09. The second-order valence-electron chi connectivity index (χ2n) is 7.99. The molecule has 0 aliphatic heterocycles. The van der Waals surface area contributed by atoms with Gasteiger partial charge in [-0.15, -0.1) is 0 Å². The lowest BCUT2D eigenvalue weighted by molar-refractivity contribution is -0.155. The highest BCUT2D eigenvalue weighted by Gasteiger charge is 2.59. The van der Waals surface area contributed by atoms with Crippen molar-refractivity contribution in [3.05, 3.63) is 71.8 Å². The Hall–Kier alpha value is -3.64. The summed E-state index contributed by atoms with van der Waals surface area (Å²) in [6.07, 6.45) is 0.625. The average molecular weight is 431 g/mol. The molecule has 3 unspecified atom stereocenters. The van der Waals surface area contributed by atoms with Crippen LogP contribution in [-0.2, 0) is 19.1 Å². The van der Waals surface area contributed by atoms with Crippen LogP contribution in [0.5, 0.6) is 0 Å². The lowest BCUT2D eigenvalue weighted by Gasteiger charge is -2.46. The van der Waals surface area contributed by atoms with Gasteiger partial charge in [0, 0.05) is 11.8 Å². The van der Waals surface area contributed by atoms with Crippen molar-refractivity contribution in [2.75, 3.05) is 13.7 Å². The van der Waals surface area contributed by atoms with Gasteiger partial charge in [-0.25, -0.2) is 0 Å². The number of nitriles is 2. The van der Waals surface area contributed by atoms with E-state index in [2.05, 4.69) is 12.1 Å². The molecule has 0 spiro atoms. The molecule has 1 aliphatic rings. The maximum atomic E-state index is 13.3. The smallest absolute Gasteiger partial charge is 0.327 e. The van der Waals surface area contributed by atoms with Crippen LogP contribution in [-0.4, -0.2) is 25.7 Å². The molecule has 5 atom stereocenters. The van der Waals surface area contributed by atoms with Gasteiger partial charge >= 0.3 is 11.9 Å². The number of rotatable bonds is 6. The standard InChI is InChI=1S/C26H26N2O4/c1-3-32-24(29)21(16-27)20-14-22(18-10-6-4-7-11-18)26(17-28,25(30)31-2)23(15-20)19-12-8-5-9-13-19/h4-13,20-23H,3,14-15H2,1-2H3/t20?,21?,22-,23+,26?. The van der Waals surface area contributed by atoms with Crippen LogP contribution in [0.2, 0.25) is 0 Å². The molecule has 0 saturated heterocycles. The van der Waals surface area contributed by atoms with Crippen LogP contribution in [0.25, 0.3) is 0 Å². The van der Waals surface area contributed by atoms with E-state index in [1.54, 1.807) is 6.92 Å². The third-order valence-electron chi connectivity index (χ3n) is 6.44. The highest BCUT2D eigenvalue weighted by atomic mass is 16.5. The van der Waals surface area contributed by atoms with E-state index in [1.165, 1.54) is 7.11 Å². The molecule has 32 heavy (non-hydrogen) atoms. The summed E-state index contributed by atoms with van der Waals surface area (Å²) in [4.78, 5) is 25.8. The van der Waals surface area contributed by atoms with Crippen LogP contribution >= 0.6 is 0 Å². The van der Waals surface area contributed by atoms with E-state index in [0.717, 1.165) is 11.1 Å². The Morgan fingerprint density at radius 3 is 1.88 bits per heavy atom. The lowest BCUT2D eigenvalue weighted by Crippen LogP contribution is -2.48. The second kappa shape index (κ2) is 10.1. The normalized spacial score (nSPS) is 25.6. The molecule has 0 heterocycles. The van der Waals surface area contributed by atoms with Crippen molar-refractivity contribution in [2.24, 2.45) is 17.3 Å². The highest BCUT2D eigenvalue weighted by Crippen LogP contribution is 2.58. The Labute approximate surface area is 188 Å². The van der Waals surface area contributed by atoms with Crippen molar-refractivity contribution < 1.29 is 19.1 Å². The Bertz CT molecular complexity index is 974. The summed E-state index contributed by atoms with van der Waals surface area (Å²) >= 11 is 0. The summed E-state index contributed by atoms with van der Waals surface area (Å²) in [6.45, 7) is 1.88. The number of esters is 2. The lowest BCUT2D eigenvalue weighted by atomic mass is 9.53. The molecular formula is C26H26N2O4. The number of ether oxygens (including phenoxy) is 2. The molecule has 0 aromatic heterocycles. The molecular weight excluding hydrogens is 404 g/mol. The Morgan fingerprint density at radius 1 is 1.00 bits per heavy atom. The fraction of sp³-hybridized carbons (Fsp3) is 0.385. The van der Waals surface area contributed by atoms with Crippen molar-refractivity contribution >= 4 is 11.9 Å². The van der Waals surface area contributed by atoms with E-state index < -0.39 is 35.1 Å². The molecule has 6 nitrogen and oxygen atoms in total.